The van der Waals surface area contributed by atoms with Gasteiger partial charge in [0.15, 0.2) is 5.96 Å². The molecule has 0 aromatic heterocycles. The van der Waals surface area contributed by atoms with Gasteiger partial charge in [0.25, 0.3) is 0 Å². The van der Waals surface area contributed by atoms with Gasteiger partial charge in [-0.1, -0.05) is 32.4 Å². The summed E-state index contributed by atoms with van der Waals surface area (Å²) in [6, 6.07) is 7.90. The van der Waals surface area contributed by atoms with E-state index in [-0.39, 0.29) is 11.8 Å². The molecular formula is C21H34N4O2. The van der Waals surface area contributed by atoms with Gasteiger partial charge in [-0.15, -0.1) is 0 Å². The Kier molecular flexibility index (Phi) is 8.10. The van der Waals surface area contributed by atoms with E-state index in [1.807, 2.05) is 38.1 Å². The SMILES string of the molecule is CN=C(NCc1ccc(NC(=O)C(C)C)cc1)NCC1(CCOC)CCC1. The van der Waals surface area contributed by atoms with Gasteiger partial charge in [0.05, 0.1) is 0 Å². The number of guanidine groups is 1. The maximum atomic E-state index is 11.7. The van der Waals surface area contributed by atoms with Crippen molar-refractivity contribution in [2.24, 2.45) is 16.3 Å². The molecule has 0 heterocycles. The van der Waals surface area contributed by atoms with E-state index in [1.54, 1.807) is 14.2 Å². The third-order valence-electron chi connectivity index (χ3n) is 5.31. The van der Waals surface area contributed by atoms with Crippen molar-refractivity contribution in [3.05, 3.63) is 29.8 Å². The summed E-state index contributed by atoms with van der Waals surface area (Å²) in [6.07, 6.45) is 4.90. The summed E-state index contributed by atoms with van der Waals surface area (Å²) in [4.78, 5) is 16.1. The van der Waals surface area contributed by atoms with Gasteiger partial charge >= 0.3 is 0 Å². The molecule has 0 bridgehead atoms. The molecular weight excluding hydrogens is 340 g/mol. The molecule has 1 aliphatic rings. The highest BCUT2D eigenvalue weighted by molar-refractivity contribution is 5.92. The van der Waals surface area contributed by atoms with Gasteiger partial charge < -0.3 is 20.7 Å². The molecule has 6 nitrogen and oxygen atoms in total. The number of hydrogen-bond acceptors (Lipinski definition) is 3. The molecule has 150 valence electrons. The molecule has 1 fully saturated rings. The Morgan fingerprint density at radius 3 is 2.44 bits per heavy atom. The predicted molar refractivity (Wildman–Crippen MR) is 111 cm³/mol. The molecule has 1 aliphatic carbocycles. The number of aliphatic imine (C=N–C) groups is 1. The summed E-state index contributed by atoms with van der Waals surface area (Å²) in [6.45, 7) is 6.19. The van der Waals surface area contributed by atoms with Crippen molar-refractivity contribution in [3.8, 4) is 0 Å². The number of anilines is 1. The van der Waals surface area contributed by atoms with Crippen molar-refractivity contribution in [2.75, 3.05) is 32.6 Å². The molecule has 3 N–H and O–H groups in total. The average Bonchev–Trinajstić information content (AvgIpc) is 2.64. The van der Waals surface area contributed by atoms with Gasteiger partial charge in [0, 0.05) is 45.5 Å². The van der Waals surface area contributed by atoms with Crippen LogP contribution < -0.4 is 16.0 Å². The summed E-state index contributed by atoms with van der Waals surface area (Å²) >= 11 is 0. The lowest BCUT2D eigenvalue weighted by molar-refractivity contribution is -0.118. The Balaban J connectivity index is 1.79. The van der Waals surface area contributed by atoms with Crippen molar-refractivity contribution < 1.29 is 9.53 Å². The number of benzene rings is 1. The predicted octanol–water partition coefficient (Wildman–Crippen LogP) is 3.15. The first-order valence-electron chi connectivity index (χ1n) is 9.81. The smallest absolute Gasteiger partial charge is 0.226 e. The molecule has 6 heteroatoms. The number of ether oxygens (including phenoxy) is 1. The van der Waals surface area contributed by atoms with Crippen LogP contribution in [0.2, 0.25) is 0 Å². The van der Waals surface area contributed by atoms with Crippen LogP contribution in [0.1, 0.15) is 45.1 Å². The number of rotatable bonds is 9. The second-order valence-corrected chi connectivity index (χ2v) is 7.72. The molecule has 27 heavy (non-hydrogen) atoms. The number of methoxy groups -OCH3 is 1. The highest BCUT2D eigenvalue weighted by atomic mass is 16.5. The molecule has 1 saturated carbocycles. The lowest BCUT2D eigenvalue weighted by Gasteiger charge is -2.42. The lowest BCUT2D eigenvalue weighted by atomic mass is 9.67. The molecule has 0 aliphatic heterocycles. The van der Waals surface area contributed by atoms with Gasteiger partial charge in [-0.3, -0.25) is 9.79 Å². The summed E-state index contributed by atoms with van der Waals surface area (Å²) < 4.78 is 5.26. The average molecular weight is 375 g/mol. The van der Waals surface area contributed by atoms with E-state index in [4.69, 9.17) is 4.74 Å². The minimum Gasteiger partial charge on any atom is -0.385 e. The molecule has 0 atom stereocenters. The zero-order valence-electron chi connectivity index (χ0n) is 17.1. The normalized spacial score (nSPS) is 16.0. The first-order chi connectivity index (χ1) is 13.0. The number of hydrogen-bond donors (Lipinski definition) is 3. The first-order valence-corrected chi connectivity index (χ1v) is 9.81. The minimum absolute atomic E-state index is 0.0245. The highest BCUT2D eigenvalue weighted by Gasteiger charge is 2.36. The Labute approximate surface area is 163 Å². The van der Waals surface area contributed by atoms with E-state index in [0.29, 0.717) is 12.0 Å². The number of amides is 1. The Morgan fingerprint density at radius 2 is 1.93 bits per heavy atom. The van der Waals surface area contributed by atoms with Crippen molar-refractivity contribution in [1.29, 1.82) is 0 Å². The molecule has 0 saturated heterocycles. The third kappa shape index (κ3) is 6.54. The number of carbonyl (C=O) groups is 1. The number of nitrogens with zero attached hydrogens (tertiary/aromatic N) is 1. The monoisotopic (exact) mass is 374 g/mol. The summed E-state index contributed by atoms with van der Waals surface area (Å²) in [5.41, 5.74) is 2.31. The lowest BCUT2D eigenvalue weighted by Crippen LogP contribution is -2.46. The van der Waals surface area contributed by atoms with Crippen LogP contribution in [0.3, 0.4) is 0 Å². The third-order valence-corrected chi connectivity index (χ3v) is 5.31. The van der Waals surface area contributed by atoms with Crippen LogP contribution in [0.15, 0.2) is 29.3 Å². The summed E-state index contributed by atoms with van der Waals surface area (Å²) in [7, 11) is 3.56. The fraction of sp³-hybridized carbons (Fsp3) is 0.619. The molecule has 2 rings (SSSR count). The molecule has 1 aromatic rings. The molecule has 0 spiro atoms. The van der Waals surface area contributed by atoms with E-state index in [0.717, 1.165) is 36.8 Å². The number of carbonyl (C=O) groups excluding carboxylic acids is 1. The molecule has 1 aromatic carbocycles. The molecule has 0 unspecified atom stereocenters. The van der Waals surface area contributed by atoms with E-state index in [9.17, 15) is 4.79 Å². The highest BCUT2D eigenvalue weighted by Crippen LogP contribution is 2.43. The Morgan fingerprint density at radius 1 is 1.22 bits per heavy atom. The van der Waals surface area contributed by atoms with Gasteiger partial charge in [-0.25, -0.2) is 0 Å². The van der Waals surface area contributed by atoms with Crippen molar-refractivity contribution in [3.63, 3.8) is 0 Å². The van der Waals surface area contributed by atoms with Crippen LogP contribution >= 0.6 is 0 Å². The number of nitrogens with one attached hydrogen (secondary N) is 3. The van der Waals surface area contributed by atoms with E-state index in [2.05, 4.69) is 20.9 Å². The van der Waals surface area contributed by atoms with Crippen LogP contribution in [0.25, 0.3) is 0 Å². The van der Waals surface area contributed by atoms with Gasteiger partial charge in [-0.05, 0) is 42.4 Å². The Bertz CT molecular complexity index is 622. The van der Waals surface area contributed by atoms with Gasteiger partial charge in [0.2, 0.25) is 5.91 Å². The van der Waals surface area contributed by atoms with Gasteiger partial charge in [-0.2, -0.15) is 0 Å². The maximum absolute atomic E-state index is 11.7. The fourth-order valence-electron chi connectivity index (χ4n) is 3.18. The van der Waals surface area contributed by atoms with Gasteiger partial charge in [0.1, 0.15) is 0 Å². The summed E-state index contributed by atoms with van der Waals surface area (Å²) in [5.74, 6) is 0.823. The fourth-order valence-corrected chi connectivity index (χ4v) is 3.18. The summed E-state index contributed by atoms with van der Waals surface area (Å²) in [5, 5.41) is 9.73. The zero-order chi connectivity index (χ0) is 19.7. The van der Waals surface area contributed by atoms with Crippen LogP contribution in [-0.2, 0) is 16.1 Å². The van der Waals surface area contributed by atoms with E-state index in [1.165, 1.54) is 19.3 Å². The zero-order valence-corrected chi connectivity index (χ0v) is 17.1. The van der Waals surface area contributed by atoms with Crippen molar-refractivity contribution >= 4 is 17.6 Å². The van der Waals surface area contributed by atoms with Crippen LogP contribution in [-0.4, -0.2) is 39.2 Å². The van der Waals surface area contributed by atoms with Crippen LogP contribution in [0.4, 0.5) is 5.69 Å². The quantitative estimate of drug-likeness (QED) is 0.458. The topological polar surface area (TPSA) is 74.8 Å². The van der Waals surface area contributed by atoms with E-state index < -0.39 is 0 Å². The maximum Gasteiger partial charge on any atom is 0.226 e. The van der Waals surface area contributed by atoms with Crippen molar-refractivity contribution in [1.82, 2.24) is 10.6 Å². The first kappa shape index (κ1) is 21.2. The minimum atomic E-state index is -0.0245. The van der Waals surface area contributed by atoms with Crippen molar-refractivity contribution in [2.45, 2.75) is 46.1 Å². The molecule has 0 radical (unpaired) electrons. The largest absolute Gasteiger partial charge is 0.385 e. The van der Waals surface area contributed by atoms with Crippen LogP contribution in [0, 0.1) is 11.3 Å². The second kappa shape index (κ2) is 10.3. The standard InChI is InChI=1S/C21H34N4O2/c1-16(2)19(26)25-18-8-6-17(7-9-18)14-23-20(22-3)24-15-21(10-5-11-21)12-13-27-4/h6-9,16H,5,10-15H2,1-4H3,(H,25,26)(H2,22,23,24). The van der Waals surface area contributed by atoms with E-state index >= 15 is 0 Å². The molecule has 1 amide bonds. The Hall–Kier alpha value is -2.08. The van der Waals surface area contributed by atoms with Crippen LogP contribution in [0.5, 0.6) is 0 Å². The second-order valence-electron chi connectivity index (χ2n) is 7.72.